The molecule has 84 valence electrons. The summed E-state index contributed by atoms with van der Waals surface area (Å²) in [4.78, 5) is 5.25. The van der Waals surface area contributed by atoms with Crippen molar-refractivity contribution in [3.8, 4) is 0 Å². The highest BCUT2D eigenvalue weighted by molar-refractivity contribution is 7.94. The molecule has 16 heavy (non-hydrogen) atoms. The van der Waals surface area contributed by atoms with Crippen LogP contribution in [0.3, 0.4) is 0 Å². The van der Waals surface area contributed by atoms with Gasteiger partial charge in [-0.3, -0.25) is 0 Å². The largest absolute Gasteiger partial charge is 0.398 e. The molecule has 2 aromatic carbocycles. The summed E-state index contributed by atoms with van der Waals surface area (Å²) in [7, 11) is 1.38. The Morgan fingerprint density at radius 3 is 2.62 bits per heavy atom. The van der Waals surface area contributed by atoms with Gasteiger partial charge in [0.1, 0.15) is 0 Å². The first-order chi connectivity index (χ1) is 7.83. The van der Waals surface area contributed by atoms with Gasteiger partial charge in [-0.15, -0.1) is 4.33 Å². The van der Waals surface area contributed by atoms with Crippen LogP contribution >= 0.6 is 12.0 Å². The van der Waals surface area contributed by atoms with Crippen LogP contribution in [0.15, 0.2) is 41.3 Å². The van der Waals surface area contributed by atoms with Crippen LogP contribution in [0.4, 0.5) is 5.69 Å². The lowest BCUT2D eigenvalue weighted by Gasteiger charge is -2.06. The molecule has 4 nitrogen and oxygen atoms in total. The maximum Gasteiger partial charge on any atom is 0.0744 e. The molecule has 0 amide bonds. The third-order valence-corrected chi connectivity index (χ3v) is 2.79. The SMILES string of the molecule is COOOSc1cccc2c(N)cccc12. The van der Waals surface area contributed by atoms with Gasteiger partial charge in [-0.1, -0.05) is 29.3 Å². The van der Waals surface area contributed by atoms with Gasteiger partial charge in [0.25, 0.3) is 0 Å². The predicted molar refractivity (Wildman–Crippen MR) is 63.4 cm³/mol. The van der Waals surface area contributed by atoms with E-state index in [0.717, 1.165) is 33.4 Å². The third kappa shape index (κ3) is 2.28. The van der Waals surface area contributed by atoms with Crippen LogP contribution in [-0.2, 0) is 14.3 Å². The Hall–Kier alpha value is -1.27. The molecule has 0 aliphatic carbocycles. The second-order valence-corrected chi connectivity index (χ2v) is 3.83. The number of nitrogens with two attached hydrogens (primary N) is 1. The lowest BCUT2D eigenvalue weighted by molar-refractivity contribution is -0.447. The van der Waals surface area contributed by atoms with Gasteiger partial charge in [0.15, 0.2) is 0 Å². The van der Waals surface area contributed by atoms with Gasteiger partial charge < -0.3 is 5.73 Å². The van der Waals surface area contributed by atoms with Crippen molar-refractivity contribution in [3.63, 3.8) is 0 Å². The standard InChI is InChI=1S/C11H11NO3S/c1-13-14-15-16-11-7-3-4-8-9(11)5-2-6-10(8)12/h2-7H,12H2,1H3. The lowest BCUT2D eigenvalue weighted by atomic mass is 10.1. The molecule has 2 aromatic rings. The van der Waals surface area contributed by atoms with E-state index in [4.69, 9.17) is 10.1 Å². The van der Waals surface area contributed by atoms with Gasteiger partial charge in [-0.05, 0) is 17.5 Å². The Bertz CT molecular complexity index is 490. The maximum atomic E-state index is 5.87. The minimum Gasteiger partial charge on any atom is -0.398 e. The summed E-state index contributed by atoms with van der Waals surface area (Å²) in [6, 6.07) is 11.5. The fourth-order valence-electron chi connectivity index (χ4n) is 1.46. The molecule has 5 heteroatoms. The van der Waals surface area contributed by atoms with Gasteiger partial charge in [0.05, 0.1) is 19.2 Å². The normalized spacial score (nSPS) is 10.8. The van der Waals surface area contributed by atoms with Gasteiger partial charge >= 0.3 is 0 Å². The summed E-state index contributed by atoms with van der Waals surface area (Å²) in [5.74, 6) is 0. The van der Waals surface area contributed by atoms with E-state index in [1.54, 1.807) is 0 Å². The molecule has 0 heterocycles. The van der Waals surface area contributed by atoms with E-state index >= 15 is 0 Å². The van der Waals surface area contributed by atoms with Crippen LogP contribution in [-0.4, -0.2) is 7.11 Å². The molecule has 0 saturated heterocycles. The van der Waals surface area contributed by atoms with Gasteiger partial charge in [0, 0.05) is 16.0 Å². The number of benzene rings is 2. The van der Waals surface area contributed by atoms with Crippen LogP contribution < -0.4 is 5.73 Å². The van der Waals surface area contributed by atoms with Crippen molar-refractivity contribution >= 4 is 28.5 Å². The Balaban J connectivity index is 2.34. The second-order valence-electron chi connectivity index (χ2n) is 3.08. The topological polar surface area (TPSA) is 53.7 Å². The highest BCUT2D eigenvalue weighted by Crippen LogP contribution is 2.31. The maximum absolute atomic E-state index is 5.87. The number of hydrogen-bond donors (Lipinski definition) is 1. The van der Waals surface area contributed by atoms with Gasteiger partial charge in [-0.25, -0.2) is 4.89 Å². The van der Waals surface area contributed by atoms with Crippen molar-refractivity contribution in [2.45, 2.75) is 4.90 Å². The van der Waals surface area contributed by atoms with E-state index in [-0.39, 0.29) is 0 Å². The average molecular weight is 237 g/mol. The molecule has 0 saturated carbocycles. The Morgan fingerprint density at radius 2 is 1.81 bits per heavy atom. The summed E-state index contributed by atoms with van der Waals surface area (Å²) >= 11 is 1.08. The van der Waals surface area contributed by atoms with Crippen LogP contribution in [0, 0.1) is 0 Å². The molecular formula is C11H11NO3S. The minimum absolute atomic E-state index is 0.743. The first-order valence-corrected chi connectivity index (χ1v) is 5.38. The van der Waals surface area contributed by atoms with Crippen LogP contribution in [0.2, 0.25) is 0 Å². The zero-order valence-electron chi connectivity index (χ0n) is 8.67. The van der Waals surface area contributed by atoms with Crippen LogP contribution in [0.1, 0.15) is 0 Å². The molecule has 2 rings (SSSR count). The zero-order chi connectivity index (χ0) is 11.4. The minimum atomic E-state index is 0.743. The quantitative estimate of drug-likeness (QED) is 0.291. The highest BCUT2D eigenvalue weighted by Gasteiger charge is 2.04. The van der Waals surface area contributed by atoms with Crippen molar-refractivity contribution in [1.82, 2.24) is 0 Å². The number of fused-ring (bicyclic) bond motifs is 1. The van der Waals surface area contributed by atoms with E-state index in [2.05, 4.69) is 9.93 Å². The summed E-state index contributed by atoms with van der Waals surface area (Å²) in [5.41, 5.74) is 6.62. The molecule has 0 aliphatic heterocycles. The van der Waals surface area contributed by atoms with Crippen molar-refractivity contribution in [1.29, 1.82) is 0 Å². The summed E-state index contributed by atoms with van der Waals surface area (Å²) < 4.78 is 4.77. The van der Waals surface area contributed by atoms with Gasteiger partial charge in [-0.2, -0.15) is 0 Å². The Kier molecular flexibility index (Phi) is 3.63. The Labute approximate surface area is 97.3 Å². The van der Waals surface area contributed by atoms with E-state index in [9.17, 15) is 0 Å². The summed E-state index contributed by atoms with van der Waals surface area (Å²) in [6.07, 6.45) is 0. The predicted octanol–water partition coefficient (Wildman–Crippen LogP) is 2.94. The first kappa shape index (κ1) is 11.2. The van der Waals surface area contributed by atoms with Crippen molar-refractivity contribution in [2.75, 3.05) is 12.8 Å². The van der Waals surface area contributed by atoms with Gasteiger partial charge in [0.2, 0.25) is 0 Å². The fraction of sp³-hybridized carbons (Fsp3) is 0.0909. The number of hydrogen-bond acceptors (Lipinski definition) is 5. The summed E-state index contributed by atoms with van der Waals surface area (Å²) in [5, 5.41) is 6.36. The Morgan fingerprint density at radius 1 is 1.06 bits per heavy atom. The van der Waals surface area contributed by atoms with Crippen LogP contribution in [0.25, 0.3) is 10.8 Å². The van der Waals surface area contributed by atoms with Crippen molar-refractivity contribution in [3.05, 3.63) is 36.4 Å². The lowest BCUT2D eigenvalue weighted by Crippen LogP contribution is -1.88. The molecule has 2 N–H and O–H groups in total. The molecule has 0 aromatic heterocycles. The zero-order valence-corrected chi connectivity index (χ0v) is 9.49. The average Bonchev–Trinajstić information content (AvgIpc) is 2.31. The number of nitrogen functional groups attached to an aromatic ring is 1. The molecule has 0 radical (unpaired) electrons. The van der Waals surface area contributed by atoms with Crippen molar-refractivity contribution < 1.29 is 14.3 Å². The van der Waals surface area contributed by atoms with E-state index in [1.807, 2.05) is 36.4 Å². The molecule has 0 atom stereocenters. The molecular weight excluding hydrogens is 226 g/mol. The number of anilines is 1. The van der Waals surface area contributed by atoms with E-state index < -0.39 is 0 Å². The van der Waals surface area contributed by atoms with E-state index in [0.29, 0.717) is 0 Å². The third-order valence-electron chi connectivity index (χ3n) is 2.14. The van der Waals surface area contributed by atoms with Crippen molar-refractivity contribution in [2.24, 2.45) is 0 Å². The second kappa shape index (κ2) is 5.18. The molecule has 0 bridgehead atoms. The number of rotatable bonds is 4. The van der Waals surface area contributed by atoms with Crippen LogP contribution in [0.5, 0.6) is 0 Å². The molecule has 0 spiro atoms. The monoisotopic (exact) mass is 237 g/mol. The fourth-order valence-corrected chi connectivity index (χ4v) is 2.01. The molecule has 0 aliphatic rings. The smallest absolute Gasteiger partial charge is 0.0744 e. The van der Waals surface area contributed by atoms with E-state index in [1.165, 1.54) is 7.11 Å². The highest BCUT2D eigenvalue weighted by atomic mass is 32.2. The molecule has 0 unspecified atom stereocenters. The molecule has 0 fully saturated rings. The first-order valence-electron chi connectivity index (χ1n) is 4.64. The summed E-state index contributed by atoms with van der Waals surface area (Å²) in [6.45, 7) is 0.